The number of benzene rings is 2. The van der Waals surface area contributed by atoms with E-state index in [2.05, 4.69) is 65.6 Å². The highest BCUT2D eigenvalue weighted by atomic mass is 16.2. The normalized spacial score (nSPS) is 23.2. The van der Waals surface area contributed by atoms with Crippen molar-refractivity contribution in [3.63, 3.8) is 0 Å². The van der Waals surface area contributed by atoms with Crippen LogP contribution in [0.5, 0.6) is 0 Å². The molecule has 1 saturated heterocycles. The third-order valence-corrected chi connectivity index (χ3v) is 5.76. The number of nitrogens with two attached hydrogens (primary N) is 1. The summed E-state index contributed by atoms with van der Waals surface area (Å²) in [4.78, 5) is 17.1. The first kappa shape index (κ1) is 17.3. The maximum absolute atomic E-state index is 12.6. The molecule has 2 unspecified atom stereocenters. The van der Waals surface area contributed by atoms with Crippen LogP contribution in [0.25, 0.3) is 0 Å². The molecule has 2 fully saturated rings. The lowest BCUT2D eigenvalue weighted by Crippen LogP contribution is -2.50. The number of nitrogens with zero attached hydrogens (tertiary/aromatic N) is 2. The summed E-state index contributed by atoms with van der Waals surface area (Å²) in [6.45, 7) is 4.06. The van der Waals surface area contributed by atoms with Crippen molar-refractivity contribution in [3.8, 4) is 0 Å². The van der Waals surface area contributed by atoms with Crippen LogP contribution < -0.4 is 5.73 Å². The first-order valence-electron chi connectivity index (χ1n) is 9.60. The first-order valence-corrected chi connectivity index (χ1v) is 9.60. The third-order valence-electron chi connectivity index (χ3n) is 5.76. The molecule has 2 aromatic carbocycles. The summed E-state index contributed by atoms with van der Waals surface area (Å²) in [5.74, 6) is 0.920. The minimum absolute atomic E-state index is 0.186. The molecule has 2 aliphatic rings. The van der Waals surface area contributed by atoms with Gasteiger partial charge in [0.2, 0.25) is 5.91 Å². The molecule has 2 atom stereocenters. The Morgan fingerprint density at radius 2 is 1.46 bits per heavy atom. The quantitative estimate of drug-likeness (QED) is 0.902. The molecule has 136 valence electrons. The monoisotopic (exact) mass is 349 g/mol. The van der Waals surface area contributed by atoms with Crippen molar-refractivity contribution in [2.24, 2.45) is 17.6 Å². The molecule has 4 rings (SSSR count). The van der Waals surface area contributed by atoms with Gasteiger partial charge in [-0.3, -0.25) is 9.69 Å². The summed E-state index contributed by atoms with van der Waals surface area (Å²) in [6.07, 6.45) is 0.978. The molecule has 26 heavy (non-hydrogen) atoms. The second-order valence-electron chi connectivity index (χ2n) is 7.42. The number of carbonyl (C=O) groups excluding carboxylic acids is 1. The van der Waals surface area contributed by atoms with E-state index >= 15 is 0 Å². The van der Waals surface area contributed by atoms with E-state index in [0.29, 0.717) is 18.4 Å². The van der Waals surface area contributed by atoms with Crippen molar-refractivity contribution in [3.05, 3.63) is 71.8 Å². The fraction of sp³-hybridized carbons (Fsp3) is 0.409. The highest BCUT2D eigenvalue weighted by Gasteiger charge is 2.44. The molecule has 0 bridgehead atoms. The molecular formula is C22H27N3O. The molecule has 0 spiro atoms. The highest BCUT2D eigenvalue weighted by Crippen LogP contribution is 2.39. The number of hydrogen-bond donors (Lipinski definition) is 1. The van der Waals surface area contributed by atoms with E-state index in [1.807, 2.05) is 4.90 Å². The van der Waals surface area contributed by atoms with Crippen molar-refractivity contribution < 1.29 is 4.79 Å². The van der Waals surface area contributed by atoms with Gasteiger partial charge in [-0.15, -0.1) is 0 Å². The predicted octanol–water partition coefficient (Wildman–Crippen LogP) is 2.52. The molecule has 1 aliphatic heterocycles. The van der Waals surface area contributed by atoms with E-state index in [-0.39, 0.29) is 12.0 Å². The lowest BCUT2D eigenvalue weighted by molar-refractivity contribution is -0.134. The molecule has 4 nitrogen and oxygen atoms in total. The highest BCUT2D eigenvalue weighted by molar-refractivity contribution is 5.81. The first-order chi connectivity index (χ1) is 12.8. The van der Waals surface area contributed by atoms with E-state index in [1.54, 1.807) is 0 Å². The Kier molecular flexibility index (Phi) is 5.05. The lowest BCUT2D eigenvalue weighted by Gasteiger charge is -2.40. The van der Waals surface area contributed by atoms with Crippen LogP contribution in [0.1, 0.15) is 23.6 Å². The van der Waals surface area contributed by atoms with E-state index < -0.39 is 0 Å². The number of carbonyl (C=O) groups is 1. The molecule has 2 aromatic rings. The number of rotatable bonds is 5. The van der Waals surface area contributed by atoms with Gasteiger partial charge in [0, 0.05) is 32.1 Å². The second kappa shape index (κ2) is 7.60. The van der Waals surface area contributed by atoms with E-state index in [1.165, 1.54) is 11.1 Å². The van der Waals surface area contributed by atoms with Crippen LogP contribution in [-0.4, -0.2) is 48.4 Å². The summed E-state index contributed by atoms with van der Waals surface area (Å²) >= 11 is 0. The third kappa shape index (κ3) is 3.53. The summed E-state index contributed by atoms with van der Waals surface area (Å²) in [5.41, 5.74) is 8.32. The van der Waals surface area contributed by atoms with E-state index in [0.717, 1.165) is 32.6 Å². The zero-order valence-electron chi connectivity index (χ0n) is 15.1. The van der Waals surface area contributed by atoms with Gasteiger partial charge in [-0.2, -0.15) is 0 Å². The van der Waals surface area contributed by atoms with Gasteiger partial charge in [0.05, 0.1) is 6.04 Å². The Bertz CT molecular complexity index is 686. The van der Waals surface area contributed by atoms with Crippen LogP contribution in [-0.2, 0) is 4.79 Å². The van der Waals surface area contributed by atoms with Crippen molar-refractivity contribution in [1.82, 2.24) is 9.80 Å². The Morgan fingerprint density at radius 3 is 1.92 bits per heavy atom. The largest absolute Gasteiger partial charge is 0.340 e. The van der Waals surface area contributed by atoms with Gasteiger partial charge in [0.15, 0.2) is 0 Å². The van der Waals surface area contributed by atoms with Gasteiger partial charge in [0.1, 0.15) is 0 Å². The van der Waals surface area contributed by atoms with Crippen LogP contribution >= 0.6 is 0 Å². The standard InChI is InChI=1S/C22H27N3O/c23-16-19-15-20(19)22(26)25-13-11-24(12-14-25)21(17-7-3-1-4-8-17)18-9-5-2-6-10-18/h1-10,19-21H,11-16,23H2. The number of piperazine rings is 1. The van der Waals surface area contributed by atoms with Gasteiger partial charge in [-0.05, 0) is 30.0 Å². The van der Waals surface area contributed by atoms with Crippen molar-refractivity contribution in [1.29, 1.82) is 0 Å². The van der Waals surface area contributed by atoms with Crippen molar-refractivity contribution in [2.45, 2.75) is 12.5 Å². The van der Waals surface area contributed by atoms with Crippen LogP contribution in [0.4, 0.5) is 0 Å². The van der Waals surface area contributed by atoms with Crippen molar-refractivity contribution >= 4 is 5.91 Å². The fourth-order valence-electron chi connectivity index (χ4n) is 4.13. The zero-order valence-corrected chi connectivity index (χ0v) is 15.1. The maximum atomic E-state index is 12.6. The molecule has 4 heteroatoms. The van der Waals surface area contributed by atoms with Gasteiger partial charge in [-0.25, -0.2) is 0 Å². The molecular weight excluding hydrogens is 322 g/mol. The second-order valence-corrected chi connectivity index (χ2v) is 7.42. The lowest BCUT2D eigenvalue weighted by atomic mass is 9.96. The van der Waals surface area contributed by atoms with Crippen LogP contribution in [0.15, 0.2) is 60.7 Å². The summed E-state index contributed by atoms with van der Waals surface area (Å²) in [5, 5.41) is 0. The Balaban J connectivity index is 1.47. The Hall–Kier alpha value is -2.17. The Morgan fingerprint density at radius 1 is 0.923 bits per heavy atom. The van der Waals surface area contributed by atoms with Crippen LogP contribution in [0, 0.1) is 11.8 Å². The minimum Gasteiger partial charge on any atom is -0.340 e. The number of amides is 1. The van der Waals surface area contributed by atoms with Gasteiger partial charge < -0.3 is 10.6 Å². The van der Waals surface area contributed by atoms with E-state index in [4.69, 9.17) is 5.73 Å². The molecule has 1 amide bonds. The summed E-state index contributed by atoms with van der Waals surface area (Å²) in [6, 6.07) is 21.6. The SMILES string of the molecule is NCC1CC1C(=O)N1CCN(C(c2ccccc2)c2ccccc2)CC1. The molecule has 0 aromatic heterocycles. The van der Waals surface area contributed by atoms with Crippen LogP contribution in [0.3, 0.4) is 0 Å². The molecule has 1 aliphatic carbocycles. The average Bonchev–Trinajstić information content (AvgIpc) is 3.50. The topological polar surface area (TPSA) is 49.6 Å². The predicted molar refractivity (Wildman–Crippen MR) is 104 cm³/mol. The molecule has 0 radical (unpaired) electrons. The van der Waals surface area contributed by atoms with Gasteiger partial charge in [-0.1, -0.05) is 60.7 Å². The average molecular weight is 349 g/mol. The summed E-state index contributed by atoms with van der Waals surface area (Å²) in [7, 11) is 0. The molecule has 1 saturated carbocycles. The van der Waals surface area contributed by atoms with Gasteiger partial charge >= 0.3 is 0 Å². The van der Waals surface area contributed by atoms with E-state index in [9.17, 15) is 4.79 Å². The molecule has 1 heterocycles. The number of hydrogen-bond acceptors (Lipinski definition) is 3. The van der Waals surface area contributed by atoms with Crippen LogP contribution in [0.2, 0.25) is 0 Å². The zero-order chi connectivity index (χ0) is 17.9. The van der Waals surface area contributed by atoms with Gasteiger partial charge in [0.25, 0.3) is 0 Å². The minimum atomic E-state index is 0.186. The smallest absolute Gasteiger partial charge is 0.226 e. The maximum Gasteiger partial charge on any atom is 0.226 e. The fourth-order valence-corrected chi connectivity index (χ4v) is 4.13. The summed E-state index contributed by atoms with van der Waals surface area (Å²) < 4.78 is 0. The molecule has 2 N–H and O–H groups in total. The van der Waals surface area contributed by atoms with Crippen molar-refractivity contribution in [2.75, 3.05) is 32.7 Å². The Labute approximate surface area is 155 Å².